The van der Waals surface area contributed by atoms with Gasteiger partial charge in [0.1, 0.15) is 0 Å². The van der Waals surface area contributed by atoms with Crippen LogP contribution in [-0.4, -0.2) is 56.2 Å². The summed E-state index contributed by atoms with van der Waals surface area (Å²) in [5.74, 6) is 0.554. The number of nitrogens with zero attached hydrogens (tertiary/aromatic N) is 1. The SMILES string of the molecule is CC1CCCC(N)C1C(=O)NCCN1CCOCC1. The lowest BCUT2D eigenvalue weighted by atomic mass is 9.76. The quantitative estimate of drug-likeness (QED) is 0.765. The van der Waals surface area contributed by atoms with Crippen molar-refractivity contribution in [2.24, 2.45) is 17.6 Å². The molecule has 1 heterocycles. The largest absolute Gasteiger partial charge is 0.379 e. The molecule has 0 aromatic carbocycles. The fraction of sp³-hybridized carbons (Fsp3) is 0.929. The molecule has 2 aliphatic rings. The zero-order valence-electron chi connectivity index (χ0n) is 11.9. The fourth-order valence-electron chi connectivity index (χ4n) is 3.19. The lowest BCUT2D eigenvalue weighted by Crippen LogP contribution is -2.49. The minimum atomic E-state index is -0.00145. The van der Waals surface area contributed by atoms with Gasteiger partial charge in [0.05, 0.1) is 19.1 Å². The van der Waals surface area contributed by atoms with E-state index in [1.807, 2.05) is 0 Å². The van der Waals surface area contributed by atoms with E-state index in [9.17, 15) is 4.79 Å². The van der Waals surface area contributed by atoms with Crippen molar-refractivity contribution in [3.63, 3.8) is 0 Å². The average molecular weight is 269 g/mol. The molecule has 5 nitrogen and oxygen atoms in total. The Bertz CT molecular complexity index is 282. The Morgan fingerprint density at radius 1 is 1.37 bits per heavy atom. The van der Waals surface area contributed by atoms with Crippen molar-refractivity contribution in [3.8, 4) is 0 Å². The number of ether oxygens (including phenoxy) is 1. The van der Waals surface area contributed by atoms with Crippen molar-refractivity contribution < 1.29 is 9.53 Å². The van der Waals surface area contributed by atoms with Gasteiger partial charge in [-0.05, 0) is 18.8 Å². The predicted octanol–water partition coefficient (Wildman–Crippen LogP) is 0.198. The van der Waals surface area contributed by atoms with Crippen molar-refractivity contribution in [1.82, 2.24) is 10.2 Å². The third-order valence-electron chi connectivity index (χ3n) is 4.40. The number of nitrogens with one attached hydrogen (secondary N) is 1. The molecule has 1 aliphatic heterocycles. The van der Waals surface area contributed by atoms with Crippen molar-refractivity contribution in [3.05, 3.63) is 0 Å². The van der Waals surface area contributed by atoms with Crippen LogP contribution in [0.4, 0.5) is 0 Å². The summed E-state index contributed by atoms with van der Waals surface area (Å²) in [4.78, 5) is 14.6. The summed E-state index contributed by atoms with van der Waals surface area (Å²) in [5, 5.41) is 3.06. The molecule has 19 heavy (non-hydrogen) atoms. The Hall–Kier alpha value is -0.650. The normalized spacial score (nSPS) is 33.1. The molecule has 0 bridgehead atoms. The van der Waals surface area contributed by atoms with Crippen LogP contribution in [0.1, 0.15) is 26.2 Å². The van der Waals surface area contributed by atoms with E-state index >= 15 is 0 Å². The molecule has 1 saturated heterocycles. The minimum absolute atomic E-state index is 0.00145. The summed E-state index contributed by atoms with van der Waals surface area (Å²) in [6.07, 6.45) is 3.25. The van der Waals surface area contributed by atoms with Gasteiger partial charge in [-0.25, -0.2) is 0 Å². The molecule has 5 heteroatoms. The molecule has 3 unspecified atom stereocenters. The molecular weight excluding hydrogens is 242 g/mol. The maximum Gasteiger partial charge on any atom is 0.224 e. The molecular formula is C14H27N3O2. The van der Waals surface area contributed by atoms with Crippen LogP contribution in [0.15, 0.2) is 0 Å². The number of rotatable bonds is 4. The lowest BCUT2D eigenvalue weighted by molar-refractivity contribution is -0.128. The van der Waals surface area contributed by atoms with Crippen LogP contribution in [0.3, 0.4) is 0 Å². The first-order valence-electron chi connectivity index (χ1n) is 7.52. The Morgan fingerprint density at radius 2 is 2.11 bits per heavy atom. The van der Waals surface area contributed by atoms with Gasteiger partial charge in [0, 0.05) is 32.2 Å². The average Bonchev–Trinajstić information content (AvgIpc) is 2.40. The topological polar surface area (TPSA) is 67.6 Å². The summed E-state index contributed by atoms with van der Waals surface area (Å²) < 4.78 is 5.30. The van der Waals surface area contributed by atoms with E-state index in [0.29, 0.717) is 5.92 Å². The maximum absolute atomic E-state index is 12.2. The Labute approximate surface area is 115 Å². The molecule has 0 radical (unpaired) electrons. The van der Waals surface area contributed by atoms with Gasteiger partial charge in [0.2, 0.25) is 5.91 Å². The number of nitrogens with two attached hydrogens (primary N) is 1. The third kappa shape index (κ3) is 4.16. The van der Waals surface area contributed by atoms with Gasteiger partial charge in [0.25, 0.3) is 0 Å². The number of hydrogen-bond donors (Lipinski definition) is 2. The van der Waals surface area contributed by atoms with Crippen LogP contribution in [0.2, 0.25) is 0 Å². The summed E-state index contributed by atoms with van der Waals surface area (Å²) in [6.45, 7) is 7.31. The van der Waals surface area contributed by atoms with Crippen LogP contribution in [0, 0.1) is 11.8 Å². The number of hydrogen-bond acceptors (Lipinski definition) is 4. The molecule has 2 rings (SSSR count). The van der Waals surface area contributed by atoms with Crippen molar-refractivity contribution in [2.45, 2.75) is 32.2 Å². The monoisotopic (exact) mass is 269 g/mol. The fourth-order valence-corrected chi connectivity index (χ4v) is 3.19. The summed E-state index contributed by atoms with van der Waals surface area (Å²) in [6, 6.07) is 0.0344. The minimum Gasteiger partial charge on any atom is -0.379 e. The van der Waals surface area contributed by atoms with Crippen molar-refractivity contribution >= 4 is 5.91 Å². The smallest absolute Gasteiger partial charge is 0.224 e. The van der Waals surface area contributed by atoms with E-state index in [1.54, 1.807) is 0 Å². The second-order valence-corrected chi connectivity index (χ2v) is 5.84. The van der Waals surface area contributed by atoms with Gasteiger partial charge in [-0.3, -0.25) is 9.69 Å². The van der Waals surface area contributed by atoms with E-state index < -0.39 is 0 Å². The van der Waals surface area contributed by atoms with Gasteiger partial charge < -0.3 is 15.8 Å². The van der Waals surface area contributed by atoms with Crippen LogP contribution in [0.5, 0.6) is 0 Å². The molecule has 110 valence electrons. The van der Waals surface area contributed by atoms with Gasteiger partial charge in [-0.2, -0.15) is 0 Å². The Balaban J connectivity index is 1.70. The highest BCUT2D eigenvalue weighted by molar-refractivity contribution is 5.79. The third-order valence-corrected chi connectivity index (χ3v) is 4.40. The second-order valence-electron chi connectivity index (χ2n) is 5.84. The highest BCUT2D eigenvalue weighted by atomic mass is 16.5. The zero-order valence-corrected chi connectivity index (χ0v) is 11.9. The summed E-state index contributed by atoms with van der Waals surface area (Å²) in [7, 11) is 0. The maximum atomic E-state index is 12.2. The number of amides is 1. The molecule has 1 aliphatic carbocycles. The standard InChI is InChI=1S/C14H27N3O2/c1-11-3-2-4-12(15)13(11)14(18)16-5-6-17-7-9-19-10-8-17/h11-13H,2-10,15H2,1H3,(H,16,18). The van der Waals surface area contributed by atoms with Crippen LogP contribution in [-0.2, 0) is 9.53 Å². The molecule has 3 atom stereocenters. The molecule has 2 fully saturated rings. The molecule has 0 spiro atoms. The van der Waals surface area contributed by atoms with Gasteiger partial charge >= 0.3 is 0 Å². The van der Waals surface area contributed by atoms with Gasteiger partial charge in [-0.1, -0.05) is 13.3 Å². The molecule has 0 aromatic rings. The Kier molecular flexibility index (Phi) is 5.60. The van der Waals surface area contributed by atoms with E-state index in [-0.39, 0.29) is 17.9 Å². The van der Waals surface area contributed by atoms with E-state index in [4.69, 9.17) is 10.5 Å². The van der Waals surface area contributed by atoms with Crippen LogP contribution >= 0.6 is 0 Å². The zero-order chi connectivity index (χ0) is 13.7. The molecule has 0 aromatic heterocycles. The van der Waals surface area contributed by atoms with E-state index in [2.05, 4.69) is 17.1 Å². The number of morpholine rings is 1. The molecule has 1 saturated carbocycles. The first-order chi connectivity index (χ1) is 9.18. The predicted molar refractivity (Wildman–Crippen MR) is 74.7 cm³/mol. The molecule has 1 amide bonds. The molecule has 3 N–H and O–H groups in total. The van der Waals surface area contributed by atoms with Crippen molar-refractivity contribution in [2.75, 3.05) is 39.4 Å². The number of carbonyl (C=O) groups is 1. The summed E-state index contributed by atoms with van der Waals surface area (Å²) in [5.41, 5.74) is 6.10. The Morgan fingerprint density at radius 3 is 2.79 bits per heavy atom. The van der Waals surface area contributed by atoms with E-state index in [0.717, 1.165) is 58.7 Å². The highest BCUT2D eigenvalue weighted by Crippen LogP contribution is 2.28. The first kappa shape index (κ1) is 14.8. The van der Waals surface area contributed by atoms with Crippen LogP contribution < -0.4 is 11.1 Å². The van der Waals surface area contributed by atoms with Crippen molar-refractivity contribution in [1.29, 1.82) is 0 Å². The second kappa shape index (κ2) is 7.22. The summed E-state index contributed by atoms with van der Waals surface area (Å²) >= 11 is 0. The lowest BCUT2D eigenvalue weighted by Gasteiger charge is -2.33. The first-order valence-corrected chi connectivity index (χ1v) is 7.52. The van der Waals surface area contributed by atoms with E-state index in [1.165, 1.54) is 0 Å². The van der Waals surface area contributed by atoms with Gasteiger partial charge in [0.15, 0.2) is 0 Å². The van der Waals surface area contributed by atoms with Gasteiger partial charge in [-0.15, -0.1) is 0 Å². The number of carbonyl (C=O) groups excluding carboxylic acids is 1. The highest BCUT2D eigenvalue weighted by Gasteiger charge is 2.33. The van der Waals surface area contributed by atoms with Crippen LogP contribution in [0.25, 0.3) is 0 Å².